The first-order valence-electron chi connectivity index (χ1n) is 35.3. The molecule has 18 nitrogen and oxygen atoms in total. The van der Waals surface area contributed by atoms with E-state index in [1.165, 1.54) is 41.4 Å². The third-order valence-corrected chi connectivity index (χ3v) is 21.1. The summed E-state index contributed by atoms with van der Waals surface area (Å²) in [7, 11) is 1.72. The van der Waals surface area contributed by atoms with E-state index >= 15 is 0 Å². The molecule has 6 aromatic carbocycles. The van der Waals surface area contributed by atoms with Gasteiger partial charge in [-0.15, -0.1) is 0 Å². The molecular formula is C79H75Cl6F3N12O6. The quantitative estimate of drug-likeness (QED) is 0.0857. The van der Waals surface area contributed by atoms with Crippen LogP contribution in [0, 0.1) is 17.5 Å². The van der Waals surface area contributed by atoms with Crippen molar-refractivity contribution in [1.29, 1.82) is 0 Å². The number of piperidine rings is 3. The van der Waals surface area contributed by atoms with Crippen LogP contribution in [0.15, 0.2) is 127 Å². The van der Waals surface area contributed by atoms with Crippen LogP contribution < -0.4 is 16.3 Å². The number of hydrogen-bond donors (Lipinski definition) is 4. The minimum atomic E-state index is -0.427. The zero-order valence-electron chi connectivity index (χ0n) is 57.8. The second-order valence-corrected chi connectivity index (χ2v) is 29.3. The summed E-state index contributed by atoms with van der Waals surface area (Å²) in [5, 5.41) is 31.9. The lowest BCUT2D eigenvalue weighted by atomic mass is 9.89. The maximum atomic E-state index is 13.5. The Kier molecular flexibility index (Phi) is 24.3. The van der Waals surface area contributed by atoms with Crippen LogP contribution in [-0.4, -0.2) is 125 Å². The van der Waals surface area contributed by atoms with Crippen molar-refractivity contribution < 1.29 is 42.2 Å². The topological polar surface area (TPSA) is 197 Å². The lowest BCUT2D eigenvalue weighted by molar-refractivity contribution is -0.135. The third kappa shape index (κ3) is 17.7. The molecule has 0 unspecified atom stereocenters. The monoisotopic (exact) mass is 1550 g/mol. The Bertz CT molecular complexity index is 4870. The molecule has 4 amide bonds. The molecule has 3 aliphatic carbocycles. The van der Waals surface area contributed by atoms with E-state index in [2.05, 4.69) is 21.4 Å². The maximum absolute atomic E-state index is 13.5. The van der Waals surface area contributed by atoms with E-state index in [0.29, 0.717) is 123 Å². The Labute approximate surface area is 641 Å². The van der Waals surface area contributed by atoms with Gasteiger partial charge in [0.1, 0.15) is 17.5 Å². The molecule has 3 fully saturated rings. The third-order valence-electron chi connectivity index (χ3n) is 19.5. The number of hydrogen-bond acceptors (Lipinski definition) is 11. The normalized spacial score (nSPS) is 17.6. The molecule has 3 aromatic heterocycles. The molecule has 550 valence electrons. The fourth-order valence-electron chi connectivity index (χ4n) is 14.2. The highest BCUT2D eigenvalue weighted by molar-refractivity contribution is 6.37. The Hall–Kier alpha value is -8.58. The summed E-state index contributed by atoms with van der Waals surface area (Å²) in [5.41, 5.74) is 22.1. The molecule has 106 heavy (non-hydrogen) atoms. The summed E-state index contributed by atoms with van der Waals surface area (Å²) in [5.74, 6) is -1.94. The number of nitrogens with zero attached hydrogens (tertiary/aromatic N) is 9. The predicted octanol–water partition coefficient (Wildman–Crippen LogP) is 17.1. The molecule has 6 heterocycles. The van der Waals surface area contributed by atoms with Gasteiger partial charge < -0.3 is 9.84 Å². The molecule has 27 heteroatoms. The lowest BCUT2D eigenvalue weighted by Crippen LogP contribution is -2.48. The second kappa shape index (κ2) is 34.1. The van der Waals surface area contributed by atoms with Crippen LogP contribution >= 0.6 is 69.6 Å². The number of ether oxygens (including phenoxy) is 1. The fourth-order valence-corrected chi connectivity index (χ4v) is 15.6. The minimum Gasteiger partial charge on any atom is -0.393 e. The summed E-state index contributed by atoms with van der Waals surface area (Å²) in [4.78, 5) is 52.4. The molecule has 6 aliphatic rings. The van der Waals surface area contributed by atoms with E-state index < -0.39 is 5.91 Å². The number of carbonyl (C=O) groups is 4. The van der Waals surface area contributed by atoms with E-state index in [4.69, 9.17) is 84.5 Å². The number of fused-ring (bicyclic) bond motifs is 3. The number of amides is 4. The molecule has 0 spiro atoms. The van der Waals surface area contributed by atoms with Crippen molar-refractivity contribution in [2.45, 2.75) is 115 Å². The van der Waals surface area contributed by atoms with Gasteiger partial charge in [0.2, 0.25) is 5.91 Å². The second-order valence-electron chi connectivity index (χ2n) is 26.7. The highest BCUT2D eigenvalue weighted by Crippen LogP contribution is 2.42. The van der Waals surface area contributed by atoms with Crippen molar-refractivity contribution in [3.8, 4) is 17.1 Å². The van der Waals surface area contributed by atoms with Crippen molar-refractivity contribution in [3.63, 3.8) is 0 Å². The average Bonchev–Trinajstić information content (AvgIpc) is 1.61. The fraction of sp³-hybridized carbons (Fsp3) is 0.304. The standard InChI is InChI=1S/C27H27Cl2FN4O2.C26H23Cl2FN4O2.C26H25Cl2FN4O2/c1-36-21-11-13-33(14-12-21)32-27(35)25-22-4-2-3-18(15-17-5-8-20(30)9-6-17)26(22)34(31-25)24-10-7-19(28)16-23(24)29;27-18-9-12-22(21(28)15-18)33-25-17(14-16-7-10-19(29)11-8-16)4-3-5-20(25)24(30-33)26(35)31-32-13-2-1-6-23(32)34;27-18-6-9-23(22(28)15-18)33-25-17(14-16-4-7-19(29)8-5-16)2-1-3-21(25)24(30-33)26(35)31-32-12-10-20(34)11-13-32/h5-10,15-16,21H,2-4,11-14H2,1H3,(H,32,35);7-12,14-15H,1-6,13H2,(H,31,35);4-9,14-15,20,34H,1-3,10-13H2,(H,31,35)/b18-15+;2*17-14+. The smallest absolute Gasteiger partial charge is 0.290 e. The Balaban J connectivity index is 0.000000141. The molecule has 4 N–H and O–H groups in total. The summed E-state index contributed by atoms with van der Waals surface area (Å²) < 4.78 is 51.0. The number of halogens is 9. The molecule has 15 rings (SSSR count). The number of aliphatic hydroxyl groups excluding tert-OH is 1. The Morgan fingerprint density at radius 1 is 0.443 bits per heavy atom. The predicted molar refractivity (Wildman–Crippen MR) is 409 cm³/mol. The lowest BCUT2D eigenvalue weighted by Gasteiger charge is -2.31. The maximum Gasteiger partial charge on any atom is 0.290 e. The van der Waals surface area contributed by atoms with Crippen molar-refractivity contribution in [2.24, 2.45) is 0 Å². The van der Waals surface area contributed by atoms with Gasteiger partial charge in [-0.25, -0.2) is 37.2 Å². The van der Waals surface area contributed by atoms with E-state index in [-0.39, 0.29) is 53.1 Å². The molecule has 0 atom stereocenters. The summed E-state index contributed by atoms with van der Waals surface area (Å²) in [6, 6.07) is 34.4. The van der Waals surface area contributed by atoms with Crippen LogP contribution in [0.3, 0.4) is 0 Å². The number of aliphatic hydroxyl groups is 1. The van der Waals surface area contributed by atoms with Gasteiger partial charge in [-0.2, -0.15) is 15.3 Å². The van der Waals surface area contributed by atoms with Gasteiger partial charge >= 0.3 is 0 Å². The van der Waals surface area contributed by atoms with Gasteiger partial charge in [0, 0.05) is 78.0 Å². The van der Waals surface area contributed by atoms with Crippen LogP contribution in [0.1, 0.15) is 165 Å². The first-order chi connectivity index (χ1) is 51.2. The molecule has 0 radical (unpaired) electrons. The zero-order valence-corrected chi connectivity index (χ0v) is 62.3. The summed E-state index contributed by atoms with van der Waals surface area (Å²) in [6.07, 6.45) is 17.9. The van der Waals surface area contributed by atoms with Gasteiger partial charge in [-0.05, 0) is 239 Å². The van der Waals surface area contributed by atoms with E-state index in [9.17, 15) is 37.5 Å². The van der Waals surface area contributed by atoms with Crippen molar-refractivity contribution in [3.05, 3.63) is 243 Å². The van der Waals surface area contributed by atoms with Crippen LogP contribution in [-0.2, 0) is 28.8 Å². The van der Waals surface area contributed by atoms with Crippen LogP contribution in [0.2, 0.25) is 30.1 Å². The minimum absolute atomic E-state index is 0.101. The zero-order chi connectivity index (χ0) is 74.3. The van der Waals surface area contributed by atoms with Crippen molar-refractivity contribution in [2.75, 3.05) is 39.8 Å². The first-order valence-corrected chi connectivity index (χ1v) is 37.5. The van der Waals surface area contributed by atoms with Gasteiger partial charge in [0.15, 0.2) is 17.1 Å². The molecule has 3 saturated heterocycles. The number of methoxy groups -OCH3 is 1. The largest absolute Gasteiger partial charge is 0.393 e. The average molecular weight is 1560 g/mol. The Morgan fingerprint density at radius 2 is 0.783 bits per heavy atom. The van der Waals surface area contributed by atoms with Gasteiger partial charge in [-0.1, -0.05) is 106 Å². The molecular weight excluding hydrogens is 1480 g/mol. The molecule has 0 bridgehead atoms. The molecule has 0 saturated carbocycles. The van der Waals surface area contributed by atoms with Gasteiger partial charge in [0.05, 0.1) is 61.4 Å². The number of benzene rings is 6. The van der Waals surface area contributed by atoms with Crippen molar-refractivity contribution >= 4 is 128 Å². The number of rotatable bonds is 13. The number of carbonyl (C=O) groups excluding carboxylic acids is 4. The number of hydrazine groups is 3. The Morgan fingerprint density at radius 3 is 1.11 bits per heavy atom. The van der Waals surface area contributed by atoms with Crippen LogP contribution in [0.5, 0.6) is 0 Å². The van der Waals surface area contributed by atoms with Gasteiger partial charge in [0.25, 0.3) is 17.7 Å². The van der Waals surface area contributed by atoms with Crippen LogP contribution in [0.25, 0.3) is 52.0 Å². The van der Waals surface area contributed by atoms with Crippen LogP contribution in [0.4, 0.5) is 13.2 Å². The highest BCUT2D eigenvalue weighted by Gasteiger charge is 2.35. The van der Waals surface area contributed by atoms with E-state index in [0.717, 1.165) is 138 Å². The van der Waals surface area contributed by atoms with E-state index in [1.807, 2.05) is 28.2 Å². The highest BCUT2D eigenvalue weighted by atomic mass is 35.5. The number of aromatic nitrogens is 6. The SMILES string of the molecule is COC1CCN(NC(=O)c2nn(-c3ccc(Cl)cc3Cl)c3c2CCC/C3=C\c2ccc(F)cc2)CC1.O=C(NN1CCC(O)CC1)c1nn(-c2ccc(Cl)cc2Cl)c2c1CCC/C2=C\c1ccc(F)cc1.O=C(NN1CCCCC1=O)c1nn(-c2ccc(Cl)cc2Cl)c2c1CCC/C2=C\c1ccc(F)cc1. The number of nitrogens with one attached hydrogen (secondary N) is 3. The summed E-state index contributed by atoms with van der Waals surface area (Å²) >= 11 is 38.1. The first kappa shape index (κ1) is 75.6. The van der Waals surface area contributed by atoms with Gasteiger partial charge in [-0.3, -0.25) is 40.5 Å². The van der Waals surface area contributed by atoms with E-state index in [1.54, 1.807) is 112 Å². The van der Waals surface area contributed by atoms with Crippen molar-refractivity contribution in [1.82, 2.24) is 60.6 Å². The summed E-state index contributed by atoms with van der Waals surface area (Å²) in [6.45, 7) is 3.06. The number of allylic oxidation sites excluding steroid dienone is 3. The molecule has 9 aromatic rings. The molecule has 3 aliphatic heterocycles.